The first-order valence-corrected chi connectivity index (χ1v) is 7.75. The fourth-order valence-corrected chi connectivity index (χ4v) is 2.33. The molecule has 1 heterocycles. The predicted molar refractivity (Wildman–Crippen MR) is 90.4 cm³/mol. The molecule has 2 atom stereocenters. The van der Waals surface area contributed by atoms with E-state index in [0.717, 1.165) is 23.9 Å². The van der Waals surface area contributed by atoms with Gasteiger partial charge in [0.1, 0.15) is 11.8 Å². The van der Waals surface area contributed by atoms with Crippen molar-refractivity contribution < 1.29 is 14.3 Å². The monoisotopic (exact) mass is 319 g/mol. The second kappa shape index (κ2) is 7.48. The predicted octanol–water partition coefficient (Wildman–Crippen LogP) is 1.89. The summed E-state index contributed by atoms with van der Waals surface area (Å²) in [5.74, 6) is 0.217. The first kappa shape index (κ1) is 17.3. The number of nitrogens with one attached hydrogen (secondary N) is 1. The van der Waals surface area contributed by atoms with Gasteiger partial charge in [0.2, 0.25) is 6.29 Å². The number of fused-ring (bicyclic) bond motifs is 1. The number of benzene rings is 1. The van der Waals surface area contributed by atoms with E-state index in [1.165, 1.54) is 5.56 Å². The second-order valence-electron chi connectivity index (χ2n) is 5.96. The number of esters is 1. The van der Waals surface area contributed by atoms with Crippen LogP contribution in [0.5, 0.6) is 5.75 Å². The third kappa shape index (κ3) is 4.46. The summed E-state index contributed by atoms with van der Waals surface area (Å²) in [6.07, 6.45) is 2.21. The van der Waals surface area contributed by atoms with Crippen molar-refractivity contribution in [1.29, 1.82) is 0 Å². The van der Waals surface area contributed by atoms with Gasteiger partial charge in [-0.15, -0.1) is 0 Å². The van der Waals surface area contributed by atoms with Crippen molar-refractivity contribution in [2.75, 3.05) is 20.6 Å². The third-order valence-electron chi connectivity index (χ3n) is 3.52. The zero-order valence-corrected chi connectivity index (χ0v) is 14.1. The molecule has 3 N–H and O–H groups in total. The molecule has 23 heavy (non-hydrogen) atoms. The fraction of sp³-hybridized carbons (Fsp3) is 0.471. The molecule has 6 nitrogen and oxygen atoms in total. The number of rotatable bonds is 7. The number of nitrogens with two attached hydrogens (primary N) is 1. The van der Waals surface area contributed by atoms with Gasteiger partial charge in [0.05, 0.1) is 0 Å². The summed E-state index contributed by atoms with van der Waals surface area (Å²) in [5.41, 5.74) is 7.68. The summed E-state index contributed by atoms with van der Waals surface area (Å²) >= 11 is 0. The molecule has 0 bridgehead atoms. The second-order valence-corrected chi connectivity index (χ2v) is 5.96. The lowest BCUT2D eigenvalue weighted by Gasteiger charge is -2.18. The molecule has 2 aromatic rings. The van der Waals surface area contributed by atoms with E-state index in [4.69, 9.17) is 15.2 Å². The average Bonchev–Trinajstić information content (AvgIpc) is 2.89. The highest BCUT2D eigenvalue weighted by atomic mass is 16.7. The van der Waals surface area contributed by atoms with Gasteiger partial charge in [-0.3, -0.25) is 4.79 Å². The zero-order valence-electron chi connectivity index (χ0n) is 14.1. The van der Waals surface area contributed by atoms with Crippen LogP contribution in [0.1, 0.15) is 19.4 Å². The molecule has 6 heteroatoms. The summed E-state index contributed by atoms with van der Waals surface area (Å²) in [6.45, 7) is 4.21. The molecule has 0 fully saturated rings. The molecule has 0 saturated heterocycles. The van der Waals surface area contributed by atoms with Crippen LogP contribution in [0.4, 0.5) is 0 Å². The molecule has 0 aliphatic heterocycles. The van der Waals surface area contributed by atoms with Crippen LogP contribution >= 0.6 is 0 Å². The van der Waals surface area contributed by atoms with E-state index in [9.17, 15) is 4.79 Å². The summed E-state index contributed by atoms with van der Waals surface area (Å²) in [5, 5.41) is 1.03. The van der Waals surface area contributed by atoms with Gasteiger partial charge in [-0.1, -0.05) is 6.07 Å². The Bertz CT molecular complexity index is 664. The maximum absolute atomic E-state index is 11.6. The summed E-state index contributed by atoms with van der Waals surface area (Å²) in [4.78, 5) is 17.0. The maximum Gasteiger partial charge on any atom is 0.325 e. The standard InChI is InChI=1S/C17H25N3O3/c1-11(18)17(21)23-12(2)22-15-7-5-6-14-16(15)13(10-19-14)8-9-20(3)4/h5-7,10-12,19H,8-9,18H2,1-4H3/t11-,12?/m0/s1. The minimum atomic E-state index is -0.698. The molecular formula is C17H25N3O3. The van der Waals surface area contributed by atoms with Gasteiger partial charge in [-0.05, 0) is 45.1 Å². The van der Waals surface area contributed by atoms with Gasteiger partial charge >= 0.3 is 5.97 Å². The highest BCUT2D eigenvalue weighted by Gasteiger charge is 2.17. The van der Waals surface area contributed by atoms with Crippen LogP contribution in [0.2, 0.25) is 0 Å². The number of aromatic nitrogens is 1. The van der Waals surface area contributed by atoms with Crippen LogP contribution in [0.15, 0.2) is 24.4 Å². The number of nitrogens with zero attached hydrogens (tertiary/aromatic N) is 1. The minimum absolute atomic E-state index is 0.480. The highest BCUT2D eigenvalue weighted by Crippen LogP contribution is 2.30. The Kier molecular flexibility index (Phi) is 5.63. The number of ether oxygens (including phenoxy) is 2. The Balaban J connectivity index is 2.19. The summed E-state index contributed by atoms with van der Waals surface area (Å²) < 4.78 is 11.0. The lowest BCUT2D eigenvalue weighted by molar-refractivity contribution is -0.162. The smallest absolute Gasteiger partial charge is 0.325 e. The molecule has 0 aliphatic carbocycles. The normalized spacial score (nSPS) is 14.0. The molecule has 1 aromatic carbocycles. The fourth-order valence-electron chi connectivity index (χ4n) is 2.33. The van der Waals surface area contributed by atoms with Crippen LogP contribution < -0.4 is 10.5 Å². The maximum atomic E-state index is 11.6. The number of carbonyl (C=O) groups excluding carboxylic acids is 1. The Morgan fingerprint density at radius 3 is 2.74 bits per heavy atom. The molecule has 2 rings (SSSR count). The number of hydrogen-bond acceptors (Lipinski definition) is 5. The molecular weight excluding hydrogens is 294 g/mol. The first-order valence-electron chi connectivity index (χ1n) is 7.75. The topological polar surface area (TPSA) is 80.6 Å². The van der Waals surface area contributed by atoms with Crippen molar-refractivity contribution in [1.82, 2.24) is 9.88 Å². The van der Waals surface area contributed by atoms with Crippen molar-refractivity contribution in [3.8, 4) is 5.75 Å². The molecule has 0 radical (unpaired) electrons. The van der Waals surface area contributed by atoms with E-state index >= 15 is 0 Å². The number of aromatic amines is 1. The van der Waals surface area contributed by atoms with Crippen molar-refractivity contribution >= 4 is 16.9 Å². The largest absolute Gasteiger partial charge is 0.454 e. The van der Waals surface area contributed by atoms with Crippen molar-refractivity contribution in [2.45, 2.75) is 32.6 Å². The van der Waals surface area contributed by atoms with Crippen LogP contribution in [-0.4, -0.2) is 48.8 Å². The molecule has 0 amide bonds. The number of likely N-dealkylation sites (N-methyl/N-ethyl adjacent to an activating group) is 1. The van der Waals surface area contributed by atoms with E-state index in [1.54, 1.807) is 13.8 Å². The Labute approximate surface area is 136 Å². The van der Waals surface area contributed by atoms with Gasteiger partial charge in [-0.25, -0.2) is 0 Å². The number of H-pyrrole nitrogens is 1. The molecule has 126 valence electrons. The Morgan fingerprint density at radius 2 is 2.09 bits per heavy atom. The van der Waals surface area contributed by atoms with Crippen LogP contribution in [-0.2, 0) is 16.0 Å². The SMILES string of the molecule is CC(OC(=O)[C@H](C)N)Oc1cccc2[nH]cc(CCN(C)C)c12. The molecule has 0 aliphatic rings. The Hall–Kier alpha value is -2.05. The van der Waals surface area contributed by atoms with Crippen molar-refractivity contribution in [3.63, 3.8) is 0 Å². The van der Waals surface area contributed by atoms with Crippen LogP contribution in [0.3, 0.4) is 0 Å². The van der Waals surface area contributed by atoms with Gasteiger partial charge in [0.25, 0.3) is 0 Å². The zero-order chi connectivity index (χ0) is 17.0. The summed E-state index contributed by atoms with van der Waals surface area (Å²) in [6, 6.07) is 5.12. The minimum Gasteiger partial charge on any atom is -0.454 e. The molecule has 0 spiro atoms. The van der Waals surface area contributed by atoms with E-state index in [2.05, 4.69) is 9.88 Å². The van der Waals surface area contributed by atoms with Gasteiger partial charge in [-0.2, -0.15) is 0 Å². The lowest BCUT2D eigenvalue weighted by Crippen LogP contribution is -2.33. The van der Waals surface area contributed by atoms with Crippen LogP contribution in [0.25, 0.3) is 10.9 Å². The third-order valence-corrected chi connectivity index (χ3v) is 3.52. The van der Waals surface area contributed by atoms with Crippen molar-refractivity contribution in [2.24, 2.45) is 5.73 Å². The van der Waals surface area contributed by atoms with E-state index < -0.39 is 18.3 Å². The van der Waals surface area contributed by atoms with Gasteiger partial charge in [0.15, 0.2) is 0 Å². The number of hydrogen-bond donors (Lipinski definition) is 2. The number of carbonyl (C=O) groups is 1. The Morgan fingerprint density at radius 1 is 1.35 bits per heavy atom. The van der Waals surface area contributed by atoms with Gasteiger partial charge < -0.3 is 25.1 Å². The van der Waals surface area contributed by atoms with Gasteiger partial charge in [0, 0.05) is 30.6 Å². The van der Waals surface area contributed by atoms with Crippen LogP contribution in [0, 0.1) is 0 Å². The average molecular weight is 319 g/mol. The first-order chi connectivity index (χ1) is 10.9. The van der Waals surface area contributed by atoms with E-state index in [0.29, 0.717) is 5.75 Å². The van der Waals surface area contributed by atoms with E-state index in [1.807, 2.05) is 38.5 Å². The molecule has 1 aromatic heterocycles. The molecule has 0 saturated carbocycles. The van der Waals surface area contributed by atoms with E-state index in [-0.39, 0.29) is 0 Å². The summed E-state index contributed by atoms with van der Waals surface area (Å²) in [7, 11) is 4.09. The van der Waals surface area contributed by atoms with Crippen molar-refractivity contribution in [3.05, 3.63) is 30.0 Å². The lowest BCUT2D eigenvalue weighted by atomic mass is 10.1. The highest BCUT2D eigenvalue weighted by molar-refractivity contribution is 5.89. The molecule has 1 unspecified atom stereocenters. The quantitative estimate of drug-likeness (QED) is 0.602.